The van der Waals surface area contributed by atoms with Crippen molar-refractivity contribution in [3.63, 3.8) is 0 Å². The molecule has 0 aromatic heterocycles. The van der Waals surface area contributed by atoms with Crippen molar-refractivity contribution in [1.82, 2.24) is 9.62 Å². The zero-order valence-electron chi connectivity index (χ0n) is 21.1. The quantitative estimate of drug-likeness (QED) is 0.136. The van der Waals surface area contributed by atoms with Gasteiger partial charge in [0, 0.05) is 34.3 Å². The van der Waals surface area contributed by atoms with Crippen LogP contribution in [0.25, 0.3) is 11.1 Å². The molecule has 3 aromatic rings. The van der Waals surface area contributed by atoms with Crippen LogP contribution in [0.1, 0.15) is 30.4 Å². The Bertz CT molecular complexity index is 1200. The van der Waals surface area contributed by atoms with Gasteiger partial charge >= 0.3 is 0 Å². The van der Waals surface area contributed by atoms with Gasteiger partial charge in [-0.15, -0.1) is 0 Å². The van der Waals surface area contributed by atoms with E-state index >= 15 is 0 Å². The van der Waals surface area contributed by atoms with E-state index in [4.69, 9.17) is 28.5 Å². The van der Waals surface area contributed by atoms with Crippen LogP contribution in [-0.2, 0) is 6.42 Å². The summed E-state index contributed by atoms with van der Waals surface area (Å²) in [4.78, 5) is 3.55. The molecular formula is C30H36ClN5S. The molecule has 0 unspecified atom stereocenters. The second-order valence-corrected chi connectivity index (χ2v) is 11.0. The third-order valence-corrected chi connectivity index (χ3v) is 8.15. The Labute approximate surface area is 229 Å². The molecule has 4 rings (SSSR count). The Balaban J connectivity index is 1.50. The molecule has 1 saturated heterocycles. The first-order valence-electron chi connectivity index (χ1n) is 12.8. The number of nitrogens with two attached hydrogens (primary N) is 2. The molecule has 37 heavy (non-hydrogen) atoms. The second-order valence-electron chi connectivity index (χ2n) is 9.62. The van der Waals surface area contributed by atoms with Crippen molar-refractivity contribution in [3.8, 4) is 11.1 Å². The van der Waals surface area contributed by atoms with Crippen LogP contribution >= 0.6 is 23.5 Å². The predicted octanol–water partition coefficient (Wildman–Crippen LogP) is 6.07. The number of nitrogens with zero attached hydrogens (tertiary/aromatic N) is 1. The zero-order chi connectivity index (χ0) is 26.2. The van der Waals surface area contributed by atoms with E-state index in [0.29, 0.717) is 5.92 Å². The van der Waals surface area contributed by atoms with Gasteiger partial charge in [-0.3, -0.25) is 10.1 Å². The van der Waals surface area contributed by atoms with Crippen LogP contribution in [0.5, 0.6) is 0 Å². The van der Waals surface area contributed by atoms with Gasteiger partial charge in [0.25, 0.3) is 0 Å². The van der Waals surface area contributed by atoms with E-state index in [9.17, 15) is 0 Å². The lowest BCUT2D eigenvalue weighted by Crippen LogP contribution is -2.41. The topological polar surface area (TPSA) is 91.2 Å². The molecule has 6 N–H and O–H groups in total. The van der Waals surface area contributed by atoms with Crippen molar-refractivity contribution in [1.29, 1.82) is 5.41 Å². The van der Waals surface area contributed by atoms with Crippen LogP contribution in [-0.4, -0.2) is 36.4 Å². The summed E-state index contributed by atoms with van der Waals surface area (Å²) in [7, 11) is 0. The Morgan fingerprint density at radius 3 is 2.49 bits per heavy atom. The van der Waals surface area contributed by atoms with E-state index < -0.39 is 0 Å². The highest BCUT2D eigenvalue weighted by atomic mass is 35.5. The van der Waals surface area contributed by atoms with Gasteiger partial charge in [-0.25, -0.2) is 0 Å². The Kier molecular flexibility index (Phi) is 9.69. The molecule has 1 heterocycles. The molecule has 1 aliphatic rings. The number of hydrogen-bond acceptors (Lipinski definition) is 5. The maximum atomic E-state index is 7.82. The molecule has 0 saturated carbocycles. The monoisotopic (exact) mass is 533 g/mol. The van der Waals surface area contributed by atoms with Gasteiger partial charge in [0.15, 0.2) is 0 Å². The number of nitrogens with one attached hydrogen (secondary N) is 2. The van der Waals surface area contributed by atoms with Crippen LogP contribution in [0, 0.1) is 11.3 Å². The lowest BCUT2D eigenvalue weighted by Gasteiger charge is -2.37. The van der Waals surface area contributed by atoms with E-state index in [2.05, 4.69) is 46.5 Å². The van der Waals surface area contributed by atoms with Crippen molar-refractivity contribution in [2.24, 2.45) is 17.4 Å². The number of nitrogen functional groups attached to an aromatic ring is 1. The second kappa shape index (κ2) is 13.2. The summed E-state index contributed by atoms with van der Waals surface area (Å²) in [5.41, 5.74) is 16.8. The van der Waals surface area contributed by atoms with E-state index in [1.807, 2.05) is 42.5 Å². The summed E-state index contributed by atoms with van der Waals surface area (Å²) in [6.07, 6.45) is 4.16. The first kappa shape index (κ1) is 27.3. The summed E-state index contributed by atoms with van der Waals surface area (Å²) in [6, 6.07) is 24.4. The predicted molar refractivity (Wildman–Crippen MR) is 158 cm³/mol. The van der Waals surface area contributed by atoms with Crippen molar-refractivity contribution < 1.29 is 0 Å². The van der Waals surface area contributed by atoms with Crippen molar-refractivity contribution in [3.05, 3.63) is 101 Å². The summed E-state index contributed by atoms with van der Waals surface area (Å²) >= 11 is 7.70. The highest BCUT2D eigenvalue weighted by Gasteiger charge is 2.24. The minimum Gasteiger partial charge on any atom is -0.384 e. The Hall–Kier alpha value is -2.77. The van der Waals surface area contributed by atoms with Crippen molar-refractivity contribution in [2.45, 2.75) is 36.6 Å². The first-order chi connectivity index (χ1) is 17.9. The lowest BCUT2D eigenvalue weighted by molar-refractivity contribution is 0.210. The molecular weight excluding hydrogens is 498 g/mol. The van der Waals surface area contributed by atoms with Crippen LogP contribution in [0.4, 0.5) is 0 Å². The number of amidine groups is 1. The molecule has 1 atom stereocenters. The fourth-order valence-corrected chi connectivity index (χ4v) is 5.77. The molecule has 7 heteroatoms. The number of benzene rings is 3. The van der Waals surface area contributed by atoms with E-state index in [1.165, 1.54) is 0 Å². The van der Waals surface area contributed by atoms with Crippen LogP contribution < -0.4 is 16.2 Å². The number of rotatable bonds is 11. The largest absolute Gasteiger partial charge is 0.384 e. The van der Waals surface area contributed by atoms with Gasteiger partial charge in [-0.1, -0.05) is 60.6 Å². The van der Waals surface area contributed by atoms with Crippen LogP contribution in [0.3, 0.4) is 0 Å². The maximum absolute atomic E-state index is 7.82. The summed E-state index contributed by atoms with van der Waals surface area (Å²) in [6.45, 7) is 7.30. The zero-order valence-corrected chi connectivity index (χ0v) is 22.7. The van der Waals surface area contributed by atoms with Gasteiger partial charge in [0.05, 0.1) is 6.04 Å². The molecule has 3 aromatic carbocycles. The van der Waals surface area contributed by atoms with Gasteiger partial charge in [-0.05, 0) is 97.1 Å². The van der Waals surface area contributed by atoms with Gasteiger partial charge in [-0.2, -0.15) is 0 Å². The highest BCUT2D eigenvalue weighted by Crippen LogP contribution is 2.29. The minimum absolute atomic E-state index is 0.0254. The fourth-order valence-electron chi connectivity index (χ4n) is 4.81. The third-order valence-electron chi connectivity index (χ3n) is 7.01. The molecule has 0 bridgehead atoms. The summed E-state index contributed by atoms with van der Waals surface area (Å²) < 4.78 is 3.70. The standard InChI is InChI=1S/C30H36ClN5S/c1-21(36-16-13-22(12-15-32)14-17-36)29(19-23-4-2-6-26(18-23)30(33)34)35-37-28-7-3-5-25(20-28)24-8-10-27(31)11-9-24/h2-11,18,20,22,29,35H,1,12-17,19,32H2,(H3,33,34)/t29-/m0/s1. The average molecular weight is 534 g/mol. The molecule has 0 radical (unpaired) electrons. The minimum atomic E-state index is 0.0254. The fraction of sp³-hybridized carbons (Fsp3) is 0.300. The van der Waals surface area contributed by atoms with Gasteiger partial charge in [0.1, 0.15) is 5.84 Å². The molecule has 5 nitrogen and oxygen atoms in total. The summed E-state index contributed by atoms with van der Waals surface area (Å²) in [5.74, 6) is 0.790. The average Bonchev–Trinajstić information content (AvgIpc) is 2.92. The number of piperidine rings is 1. The van der Waals surface area contributed by atoms with E-state index in [-0.39, 0.29) is 11.9 Å². The number of hydrogen-bond donors (Lipinski definition) is 4. The van der Waals surface area contributed by atoms with Crippen LogP contribution in [0.2, 0.25) is 5.02 Å². The molecule has 194 valence electrons. The molecule has 1 aliphatic heterocycles. The molecule has 1 fully saturated rings. The maximum Gasteiger partial charge on any atom is 0.122 e. The smallest absolute Gasteiger partial charge is 0.122 e. The molecule has 0 aliphatic carbocycles. The normalized spacial score (nSPS) is 14.9. The van der Waals surface area contributed by atoms with Gasteiger partial charge < -0.3 is 16.4 Å². The highest BCUT2D eigenvalue weighted by molar-refractivity contribution is 7.97. The SMILES string of the molecule is C=C([C@H](Cc1cccc(C(=N)N)c1)NSc1cccc(-c2ccc(Cl)cc2)c1)N1CCC(CCN)CC1. The van der Waals surface area contributed by atoms with E-state index in [1.54, 1.807) is 11.9 Å². The molecule has 0 amide bonds. The van der Waals surface area contributed by atoms with Crippen LogP contribution in [0.15, 0.2) is 90.0 Å². The molecule has 0 spiro atoms. The lowest BCUT2D eigenvalue weighted by atomic mass is 9.92. The Morgan fingerprint density at radius 2 is 1.78 bits per heavy atom. The summed E-state index contributed by atoms with van der Waals surface area (Å²) in [5, 5.41) is 8.56. The van der Waals surface area contributed by atoms with Gasteiger partial charge in [0.2, 0.25) is 0 Å². The van der Waals surface area contributed by atoms with E-state index in [0.717, 1.165) is 83.2 Å². The van der Waals surface area contributed by atoms with Crippen molar-refractivity contribution >= 4 is 29.4 Å². The Morgan fingerprint density at radius 1 is 1.05 bits per heavy atom. The first-order valence-corrected chi connectivity index (χ1v) is 14.0. The van der Waals surface area contributed by atoms with Crippen molar-refractivity contribution in [2.75, 3.05) is 19.6 Å². The third kappa shape index (κ3) is 7.62. The number of halogens is 1. The number of likely N-dealkylation sites (tertiary alicyclic amines) is 1.